The molecule has 35 heavy (non-hydrogen) atoms. The predicted molar refractivity (Wildman–Crippen MR) is 135 cm³/mol. The normalized spacial score (nSPS) is 14.9. The second-order valence-electron chi connectivity index (χ2n) is 9.24. The van der Waals surface area contributed by atoms with Gasteiger partial charge in [0.25, 0.3) is 5.91 Å². The van der Waals surface area contributed by atoms with Crippen LogP contribution in [0.4, 0.5) is 24.5 Å². The fraction of sp³-hybridized carbons (Fsp3) is 0.321. The summed E-state index contributed by atoms with van der Waals surface area (Å²) in [6.45, 7) is 10.3. The molecule has 0 spiro atoms. The molecule has 1 amide bonds. The van der Waals surface area contributed by atoms with E-state index in [1.165, 1.54) is 12.1 Å². The molecule has 0 unspecified atom stereocenters. The molecule has 1 saturated heterocycles. The fourth-order valence-corrected chi connectivity index (χ4v) is 4.38. The van der Waals surface area contributed by atoms with Crippen LogP contribution >= 0.6 is 0 Å². The van der Waals surface area contributed by atoms with Crippen LogP contribution in [0, 0.1) is 6.92 Å². The highest BCUT2D eigenvalue weighted by molar-refractivity contribution is 6.08. The van der Waals surface area contributed by atoms with Crippen LogP contribution in [0.15, 0.2) is 66.7 Å². The Morgan fingerprint density at radius 3 is 2.09 bits per heavy atom. The number of nitrogens with zero attached hydrogens (tertiary/aromatic N) is 2. The topological polar surface area (TPSA) is 35.6 Å². The van der Waals surface area contributed by atoms with Crippen LogP contribution in [-0.2, 0) is 6.18 Å². The minimum Gasteiger partial charge on any atom is -0.369 e. The smallest absolute Gasteiger partial charge is 0.369 e. The molecule has 0 radical (unpaired) electrons. The van der Waals surface area contributed by atoms with Gasteiger partial charge in [0.05, 0.1) is 5.56 Å². The Kier molecular flexibility index (Phi) is 7.17. The number of benzene rings is 3. The number of aryl methyl sites for hydroxylation is 1. The summed E-state index contributed by atoms with van der Waals surface area (Å²) < 4.78 is 38.9. The van der Waals surface area contributed by atoms with Gasteiger partial charge in [-0.2, -0.15) is 13.2 Å². The van der Waals surface area contributed by atoms with Crippen molar-refractivity contribution in [3.8, 4) is 11.1 Å². The lowest BCUT2D eigenvalue weighted by Gasteiger charge is -2.38. The Morgan fingerprint density at radius 1 is 0.886 bits per heavy atom. The number of amides is 1. The number of carbonyl (C=O) groups excluding carboxylic acids is 1. The van der Waals surface area contributed by atoms with Crippen LogP contribution in [0.2, 0.25) is 0 Å². The molecule has 0 bridgehead atoms. The quantitative estimate of drug-likeness (QED) is 0.454. The Balaban J connectivity index is 1.49. The zero-order valence-electron chi connectivity index (χ0n) is 20.2. The highest BCUT2D eigenvalue weighted by atomic mass is 19.4. The van der Waals surface area contributed by atoms with Crippen LogP contribution < -0.4 is 10.2 Å². The van der Waals surface area contributed by atoms with Gasteiger partial charge < -0.3 is 10.2 Å². The highest BCUT2D eigenvalue weighted by Gasteiger charge is 2.30. The molecule has 4 nitrogen and oxygen atoms in total. The van der Waals surface area contributed by atoms with Crippen molar-refractivity contribution < 1.29 is 18.0 Å². The van der Waals surface area contributed by atoms with Crippen molar-refractivity contribution >= 4 is 17.3 Å². The van der Waals surface area contributed by atoms with E-state index in [1.54, 1.807) is 6.07 Å². The molecule has 0 saturated carbocycles. The summed E-state index contributed by atoms with van der Waals surface area (Å²) >= 11 is 0. The molecule has 4 rings (SSSR count). The Hall–Kier alpha value is -3.32. The van der Waals surface area contributed by atoms with Crippen LogP contribution in [-0.4, -0.2) is 43.0 Å². The third kappa shape index (κ3) is 5.85. The van der Waals surface area contributed by atoms with Crippen molar-refractivity contribution in [2.75, 3.05) is 36.4 Å². The van der Waals surface area contributed by atoms with E-state index in [-0.39, 0.29) is 5.91 Å². The van der Waals surface area contributed by atoms with Crippen molar-refractivity contribution in [1.29, 1.82) is 0 Å². The van der Waals surface area contributed by atoms with Gasteiger partial charge in [-0.15, -0.1) is 0 Å². The number of anilines is 2. The SMILES string of the molecule is Cc1ccc(C(=O)Nc2ccc(N3CCN(C(C)C)CC3)cc2)c(-c2ccc(C(F)(F)F)cc2)c1. The fourth-order valence-electron chi connectivity index (χ4n) is 4.38. The van der Waals surface area contributed by atoms with Gasteiger partial charge >= 0.3 is 6.18 Å². The summed E-state index contributed by atoms with van der Waals surface area (Å²) in [6, 6.07) is 18.6. The first-order valence-electron chi connectivity index (χ1n) is 11.8. The summed E-state index contributed by atoms with van der Waals surface area (Å²) in [7, 11) is 0. The number of carbonyl (C=O) groups is 1. The average Bonchev–Trinajstić information content (AvgIpc) is 2.84. The number of alkyl halides is 3. The van der Waals surface area contributed by atoms with Gasteiger partial charge in [0, 0.05) is 49.2 Å². The monoisotopic (exact) mass is 481 g/mol. The third-order valence-electron chi connectivity index (χ3n) is 6.48. The molecule has 3 aromatic rings. The molecule has 184 valence electrons. The van der Waals surface area contributed by atoms with Crippen molar-refractivity contribution in [2.24, 2.45) is 0 Å². The minimum atomic E-state index is -4.40. The maximum Gasteiger partial charge on any atom is 0.416 e. The summed E-state index contributed by atoms with van der Waals surface area (Å²) in [5.74, 6) is -0.307. The van der Waals surface area contributed by atoms with Gasteiger partial charge in [-0.3, -0.25) is 9.69 Å². The molecule has 0 aromatic heterocycles. The number of hydrogen-bond donors (Lipinski definition) is 1. The zero-order chi connectivity index (χ0) is 25.2. The van der Waals surface area contributed by atoms with Gasteiger partial charge in [-0.05, 0) is 74.4 Å². The van der Waals surface area contributed by atoms with Gasteiger partial charge in [0.1, 0.15) is 0 Å². The summed E-state index contributed by atoms with van der Waals surface area (Å²) in [6.07, 6.45) is -4.40. The molecule has 1 aliphatic heterocycles. The Labute approximate surface area is 204 Å². The maximum absolute atomic E-state index is 13.1. The van der Waals surface area contributed by atoms with Crippen LogP contribution in [0.3, 0.4) is 0 Å². The Bertz CT molecular complexity index is 1160. The van der Waals surface area contributed by atoms with Crippen molar-refractivity contribution in [3.05, 3.63) is 83.4 Å². The lowest BCUT2D eigenvalue weighted by Crippen LogP contribution is -2.48. The molecule has 1 heterocycles. The lowest BCUT2D eigenvalue weighted by atomic mass is 9.96. The first-order chi connectivity index (χ1) is 16.6. The van der Waals surface area contributed by atoms with E-state index in [4.69, 9.17) is 0 Å². The minimum absolute atomic E-state index is 0.307. The maximum atomic E-state index is 13.1. The first kappa shape index (κ1) is 24.8. The number of hydrogen-bond acceptors (Lipinski definition) is 3. The van der Waals surface area contributed by atoms with E-state index >= 15 is 0 Å². The standard InChI is InChI=1S/C28H30F3N3O/c1-19(2)33-14-16-34(17-15-33)24-11-9-23(10-12-24)32-27(35)25-13-4-20(3)18-26(25)21-5-7-22(8-6-21)28(29,30)31/h4-13,18-19H,14-17H2,1-3H3,(H,32,35). The molecule has 3 aromatic carbocycles. The van der Waals surface area contributed by atoms with Crippen molar-refractivity contribution in [1.82, 2.24) is 4.90 Å². The van der Waals surface area contributed by atoms with Crippen LogP contribution in [0.5, 0.6) is 0 Å². The molecule has 0 atom stereocenters. The van der Waals surface area contributed by atoms with Gasteiger partial charge in [0.2, 0.25) is 0 Å². The zero-order valence-corrected chi connectivity index (χ0v) is 20.2. The second-order valence-corrected chi connectivity index (χ2v) is 9.24. The van der Waals surface area contributed by atoms with Crippen molar-refractivity contribution in [3.63, 3.8) is 0 Å². The van der Waals surface area contributed by atoms with Crippen LogP contribution in [0.1, 0.15) is 35.3 Å². The Morgan fingerprint density at radius 2 is 1.51 bits per heavy atom. The highest BCUT2D eigenvalue weighted by Crippen LogP contribution is 2.32. The second kappa shape index (κ2) is 10.1. The summed E-state index contributed by atoms with van der Waals surface area (Å²) in [5, 5.41) is 2.93. The number of nitrogens with one attached hydrogen (secondary N) is 1. The van der Waals surface area contributed by atoms with Crippen molar-refractivity contribution in [2.45, 2.75) is 33.0 Å². The first-order valence-corrected chi connectivity index (χ1v) is 11.8. The van der Waals surface area contributed by atoms with E-state index in [0.717, 1.165) is 49.6 Å². The molecular weight excluding hydrogens is 451 g/mol. The molecule has 1 N–H and O–H groups in total. The van der Waals surface area contributed by atoms with Gasteiger partial charge in [-0.1, -0.05) is 29.8 Å². The van der Waals surface area contributed by atoms with E-state index in [9.17, 15) is 18.0 Å². The largest absolute Gasteiger partial charge is 0.416 e. The number of piperazine rings is 1. The van der Waals surface area contributed by atoms with E-state index in [1.807, 2.05) is 43.3 Å². The number of halogens is 3. The summed E-state index contributed by atoms with van der Waals surface area (Å²) in [4.78, 5) is 17.9. The molecule has 0 aliphatic carbocycles. The molecular formula is C28H30F3N3O. The molecule has 1 fully saturated rings. The van der Waals surface area contributed by atoms with E-state index in [0.29, 0.717) is 28.4 Å². The summed E-state index contributed by atoms with van der Waals surface area (Å²) in [5.41, 5.74) is 3.54. The third-order valence-corrected chi connectivity index (χ3v) is 6.48. The lowest BCUT2D eigenvalue weighted by molar-refractivity contribution is -0.137. The molecule has 7 heteroatoms. The van der Waals surface area contributed by atoms with Crippen LogP contribution in [0.25, 0.3) is 11.1 Å². The average molecular weight is 482 g/mol. The predicted octanol–water partition coefficient (Wildman–Crippen LogP) is 6.46. The molecule has 1 aliphatic rings. The van der Waals surface area contributed by atoms with E-state index in [2.05, 4.69) is 29.0 Å². The van der Waals surface area contributed by atoms with Gasteiger partial charge in [0.15, 0.2) is 0 Å². The number of rotatable bonds is 5. The van der Waals surface area contributed by atoms with Gasteiger partial charge in [-0.25, -0.2) is 0 Å². The van der Waals surface area contributed by atoms with E-state index < -0.39 is 11.7 Å².